The molecule has 2 aliphatic rings. The largest absolute Gasteiger partial charge is 0.495 e. The van der Waals surface area contributed by atoms with Crippen molar-refractivity contribution in [3.8, 4) is 23.0 Å². The van der Waals surface area contributed by atoms with Crippen molar-refractivity contribution in [2.24, 2.45) is 0 Å². The Hall–Kier alpha value is -7.87. The third-order valence-corrected chi connectivity index (χ3v) is 22.0. The number of aliphatic hydroxyl groups is 1. The molecule has 8 rings (SSSR count). The smallest absolute Gasteiger partial charge is 0.410 e. The van der Waals surface area contributed by atoms with E-state index in [1.54, 1.807) is 48.2 Å². The number of ether oxygens (including phenoxy) is 8. The molecule has 1 fully saturated rings. The van der Waals surface area contributed by atoms with E-state index >= 15 is 0 Å². The molecular weight excluding hydrogens is 1470 g/mol. The van der Waals surface area contributed by atoms with Gasteiger partial charge in [-0.2, -0.15) is 0 Å². The van der Waals surface area contributed by atoms with Crippen molar-refractivity contribution in [3.05, 3.63) is 133 Å². The summed E-state index contributed by atoms with van der Waals surface area (Å²) in [6.07, 6.45) is 7.44. The third-order valence-electron chi connectivity index (χ3n) is 17.1. The Labute approximate surface area is 646 Å². The van der Waals surface area contributed by atoms with Crippen LogP contribution in [0.4, 0.5) is 53.6 Å². The zero-order chi connectivity index (χ0) is 78.8. The molecule has 0 bridgehead atoms. The second-order valence-corrected chi connectivity index (χ2v) is 42.6. The van der Waals surface area contributed by atoms with E-state index in [0.717, 1.165) is 59.9 Å². The predicted octanol–water partition coefficient (Wildman–Crippen LogP) is 16.4. The maximum absolute atomic E-state index is 14.2. The first-order valence-electron chi connectivity index (χ1n) is 34.8. The van der Waals surface area contributed by atoms with E-state index in [-0.39, 0.29) is 74.5 Å². The number of likely N-dealkylation sites (tertiary alicyclic amines) is 1. The van der Waals surface area contributed by atoms with Crippen LogP contribution in [-0.2, 0) is 31.8 Å². The minimum absolute atomic E-state index is 0.121. The highest BCUT2D eigenvalue weighted by molar-refractivity contribution is 6.76. The second-order valence-electron chi connectivity index (χ2n) is 29.9. The summed E-state index contributed by atoms with van der Waals surface area (Å²) in [6, 6.07) is 19.5. The molecule has 6 aromatic rings. The number of benzene rings is 4. The summed E-state index contributed by atoms with van der Waals surface area (Å²) in [5, 5.41) is 7.55. The van der Waals surface area contributed by atoms with Crippen molar-refractivity contribution in [2.45, 2.75) is 142 Å². The standard InChI is InChI=1S/C37H52Cl2N6O6Si.C37H50Cl2N6O6Si.CH4O/c2*1-37(2,3)51-36(47)44-14-12-24(13-15-44)25-10-11-26(28(40)19-25)18-27-20-31(42-22-41-27)43(4)35(46)45(23-50-16-17-52(7,8)9)34-32(38)29(48-5)21-30(49-6)33(34)39;1-2/h10-11,19-22,24H,12-18,23,40H2,1-9H3;10-12,19-22H,13-18,23,40H2,1-9H3;2H,1H3. The topological polar surface area (TPSA) is 285 Å². The van der Waals surface area contributed by atoms with E-state index < -0.39 is 39.4 Å². The highest BCUT2D eigenvalue weighted by Gasteiger charge is 2.34. The lowest BCUT2D eigenvalue weighted by molar-refractivity contribution is 0.0203. The summed E-state index contributed by atoms with van der Waals surface area (Å²) in [7, 11) is 7.29. The Kier molecular flexibility index (Phi) is 31.9. The van der Waals surface area contributed by atoms with Crippen LogP contribution in [-0.4, -0.2) is 189 Å². The van der Waals surface area contributed by atoms with Gasteiger partial charge in [0.2, 0.25) is 0 Å². The Morgan fingerprint density at radius 1 is 0.557 bits per heavy atom. The van der Waals surface area contributed by atoms with Crippen LogP contribution in [0.1, 0.15) is 100 Å². The fraction of sp³-hybridized carbons (Fsp3) is 0.493. The highest BCUT2D eigenvalue weighted by Crippen LogP contribution is 2.48. The number of anilines is 6. The number of carbonyl (C=O) groups excluding carboxylic acids is 4. The first-order valence-corrected chi connectivity index (χ1v) is 43.7. The summed E-state index contributed by atoms with van der Waals surface area (Å²) in [6.45, 7) is 27.6. The summed E-state index contributed by atoms with van der Waals surface area (Å²) in [5.74, 6) is 2.15. The maximum atomic E-state index is 14.2. The number of halogens is 4. The molecule has 4 heterocycles. The van der Waals surface area contributed by atoms with Crippen LogP contribution in [0.25, 0.3) is 5.57 Å². The average Bonchev–Trinajstić information content (AvgIpc) is 0.785. The number of methoxy groups -OCH3 is 4. The van der Waals surface area contributed by atoms with Gasteiger partial charge in [-0.05, 0) is 119 Å². The fourth-order valence-corrected chi connectivity index (χ4v) is 14.1. The molecule has 31 heteroatoms. The molecule has 2 aliphatic heterocycles. The van der Waals surface area contributed by atoms with Gasteiger partial charge in [0.05, 0.1) is 51.2 Å². The molecule has 4 aromatic carbocycles. The van der Waals surface area contributed by atoms with Crippen LogP contribution in [0.5, 0.6) is 23.0 Å². The van der Waals surface area contributed by atoms with Crippen LogP contribution in [0.15, 0.2) is 79.4 Å². The first-order chi connectivity index (χ1) is 49.8. The lowest BCUT2D eigenvalue weighted by atomic mass is 9.88. The third kappa shape index (κ3) is 24.6. The molecule has 0 spiro atoms. The molecule has 25 nitrogen and oxygen atoms in total. The Morgan fingerprint density at radius 2 is 0.953 bits per heavy atom. The first kappa shape index (κ1) is 87.0. The number of hydrogen-bond acceptors (Lipinski definition) is 19. The van der Waals surface area contributed by atoms with Crippen LogP contribution >= 0.6 is 46.4 Å². The van der Waals surface area contributed by atoms with Gasteiger partial charge in [0.25, 0.3) is 0 Å². The van der Waals surface area contributed by atoms with Gasteiger partial charge in [-0.1, -0.05) is 116 Å². The van der Waals surface area contributed by atoms with Gasteiger partial charge >= 0.3 is 24.2 Å². The number of amides is 6. The lowest BCUT2D eigenvalue weighted by Gasteiger charge is -2.33. The van der Waals surface area contributed by atoms with Crippen molar-refractivity contribution in [1.82, 2.24) is 29.7 Å². The molecule has 580 valence electrons. The van der Waals surface area contributed by atoms with Crippen molar-refractivity contribution in [3.63, 3.8) is 0 Å². The molecule has 2 aromatic heterocycles. The van der Waals surface area contributed by atoms with Gasteiger partial charge in [0.15, 0.2) is 0 Å². The number of nitrogen functional groups attached to an aromatic ring is 2. The minimum atomic E-state index is -1.41. The Morgan fingerprint density at radius 3 is 1.31 bits per heavy atom. The van der Waals surface area contributed by atoms with E-state index in [9.17, 15) is 19.2 Å². The number of nitrogens with two attached hydrogens (primary N) is 2. The van der Waals surface area contributed by atoms with Crippen molar-refractivity contribution >= 4 is 127 Å². The van der Waals surface area contributed by atoms with E-state index in [1.807, 2.05) is 78.0 Å². The van der Waals surface area contributed by atoms with Crippen molar-refractivity contribution in [2.75, 3.05) is 134 Å². The average molecular weight is 1580 g/mol. The quantitative estimate of drug-likeness (QED) is 0.0220. The number of aliphatic hydroxyl groups excluding tert-OH is 1. The molecule has 0 radical (unpaired) electrons. The maximum Gasteiger partial charge on any atom is 0.410 e. The summed E-state index contributed by atoms with van der Waals surface area (Å²) >= 11 is 27.1. The SMILES string of the molecule is CO.COc1cc(OC)c(Cl)c(N(COCC[Si](C)(C)C)C(=O)N(C)c2cc(Cc3ccc(C4=CCN(C(=O)OC(C)(C)C)CC4)cc3N)ncn2)c1Cl.COc1cc(OC)c(Cl)c(N(COCC[Si](C)(C)C)C(=O)N(C)c2cc(Cc3ccc(C4CCN(C(=O)OC(C)(C)C)CC4)cc3N)ncn2)c1Cl. The van der Waals surface area contributed by atoms with Crippen LogP contribution in [0.3, 0.4) is 0 Å². The second kappa shape index (κ2) is 38.8. The van der Waals surface area contributed by atoms with E-state index in [2.05, 4.69) is 65.3 Å². The number of hydrogen-bond donors (Lipinski definition) is 3. The number of nitrogens with zero attached hydrogens (tertiary/aromatic N) is 10. The van der Waals surface area contributed by atoms with Gasteiger partial charge in [-0.3, -0.25) is 19.6 Å². The van der Waals surface area contributed by atoms with Gasteiger partial charge in [0.1, 0.15) is 92.0 Å². The molecule has 106 heavy (non-hydrogen) atoms. The van der Waals surface area contributed by atoms with Gasteiger partial charge in [-0.25, -0.2) is 39.1 Å². The zero-order valence-electron chi connectivity index (χ0n) is 64.7. The normalized spacial score (nSPS) is 13.4. The van der Waals surface area contributed by atoms with Crippen LogP contribution in [0.2, 0.25) is 71.5 Å². The zero-order valence-corrected chi connectivity index (χ0v) is 69.7. The molecule has 5 N–H and O–H groups in total. The van der Waals surface area contributed by atoms with E-state index in [4.69, 9.17) is 101 Å². The highest BCUT2D eigenvalue weighted by atomic mass is 35.5. The molecule has 0 saturated carbocycles. The Bertz CT molecular complexity index is 3980. The van der Waals surface area contributed by atoms with E-state index in [1.165, 1.54) is 60.7 Å². The summed E-state index contributed by atoms with van der Waals surface area (Å²) in [5.41, 5.74) is 20.0. The summed E-state index contributed by atoms with van der Waals surface area (Å²) < 4.78 is 45.0. The van der Waals surface area contributed by atoms with Gasteiger partial charge in [-0.15, -0.1) is 0 Å². The summed E-state index contributed by atoms with van der Waals surface area (Å²) in [4.78, 5) is 80.2. The number of rotatable bonds is 24. The monoisotopic (exact) mass is 1580 g/mol. The molecule has 0 unspecified atom stereocenters. The van der Waals surface area contributed by atoms with Gasteiger partial charge < -0.3 is 64.3 Å². The number of aromatic nitrogens is 4. The molecule has 0 aliphatic carbocycles. The predicted molar refractivity (Wildman–Crippen MR) is 429 cm³/mol. The number of piperidine rings is 1. The molecule has 6 amide bonds. The van der Waals surface area contributed by atoms with E-state index in [0.29, 0.717) is 105 Å². The van der Waals surface area contributed by atoms with Gasteiger partial charge in [0, 0.05) is 125 Å². The fourth-order valence-electron chi connectivity index (χ4n) is 11.1. The number of carbonyl (C=O) groups is 4. The number of urea groups is 2. The van der Waals surface area contributed by atoms with Crippen LogP contribution in [0, 0.1) is 0 Å². The molecular formula is C75H106Cl4N12O13Si2. The lowest BCUT2D eigenvalue weighted by Crippen LogP contribution is -2.43. The molecule has 1 saturated heterocycles. The van der Waals surface area contributed by atoms with Crippen LogP contribution < -0.4 is 50.0 Å². The Balaban J connectivity index is 0.000000325. The van der Waals surface area contributed by atoms with Crippen molar-refractivity contribution < 1.29 is 62.2 Å². The van der Waals surface area contributed by atoms with Crippen molar-refractivity contribution in [1.29, 1.82) is 0 Å². The molecule has 0 atom stereocenters. The minimum Gasteiger partial charge on any atom is -0.495 e.